The average Bonchev–Trinajstić information content (AvgIpc) is 3.53. The lowest BCUT2D eigenvalue weighted by atomic mass is 9.57. The van der Waals surface area contributed by atoms with Crippen LogP contribution in [0.4, 0.5) is 38.0 Å². The number of pyridine rings is 2. The van der Waals surface area contributed by atoms with Crippen LogP contribution in [0, 0.1) is 29.6 Å². The predicted octanol–water partition coefficient (Wildman–Crippen LogP) is 7.04. The van der Waals surface area contributed by atoms with Gasteiger partial charge in [-0.1, -0.05) is 50.8 Å². The van der Waals surface area contributed by atoms with Gasteiger partial charge >= 0.3 is 12.4 Å². The van der Waals surface area contributed by atoms with Gasteiger partial charge in [0.15, 0.2) is 23.1 Å². The van der Waals surface area contributed by atoms with E-state index in [9.17, 15) is 50.6 Å². The molecular formula is C35H27BrCl2F6N6O6. The molecule has 12 nitrogen and oxygen atoms in total. The number of nitrogens with zero attached hydrogens (tertiary/aromatic N) is 6. The molecule has 7 rings (SSSR count). The van der Waals surface area contributed by atoms with E-state index in [4.69, 9.17) is 27.9 Å². The van der Waals surface area contributed by atoms with Gasteiger partial charge in [0.2, 0.25) is 0 Å². The maximum Gasteiger partial charge on any atom is 0.433 e. The Hall–Kier alpha value is -4.62. The minimum absolute atomic E-state index is 0.0154. The number of phenolic OH excluding ortho intramolecular Hbond substituents is 1. The number of alkyl halides is 6. The van der Waals surface area contributed by atoms with Crippen molar-refractivity contribution >= 4 is 74.4 Å². The van der Waals surface area contributed by atoms with Crippen molar-refractivity contribution in [1.29, 1.82) is 0 Å². The number of carbonyl (C=O) groups is 4. The van der Waals surface area contributed by atoms with Crippen molar-refractivity contribution in [2.24, 2.45) is 29.6 Å². The molecule has 2 aliphatic heterocycles. The second kappa shape index (κ2) is 13.8. The maximum absolute atomic E-state index is 14.5. The molecule has 2 aromatic heterocycles. The number of hydrogen-bond donors (Lipinski definition) is 1. The Morgan fingerprint density at radius 3 is 1.79 bits per heavy atom. The molecule has 2 saturated heterocycles. The van der Waals surface area contributed by atoms with Crippen molar-refractivity contribution in [3.8, 4) is 11.5 Å². The normalized spacial score (nSPS) is 24.9. The van der Waals surface area contributed by atoms with Crippen LogP contribution < -0.4 is 14.8 Å². The van der Waals surface area contributed by atoms with Crippen LogP contribution in [0.5, 0.6) is 11.5 Å². The summed E-state index contributed by atoms with van der Waals surface area (Å²) < 4.78 is 87.6. The molecule has 0 radical (unpaired) electrons. The number of imide groups is 2. The monoisotopic (exact) mass is 890 g/mol. The first-order valence-corrected chi connectivity index (χ1v) is 18.2. The number of aromatic hydroxyl groups is 1. The van der Waals surface area contributed by atoms with Gasteiger partial charge in [0.05, 0.1) is 40.8 Å². The third-order valence-corrected chi connectivity index (χ3v) is 11.7. The first-order valence-electron chi connectivity index (χ1n) is 16.6. The Morgan fingerprint density at radius 2 is 1.29 bits per heavy atom. The number of rotatable bonds is 6. The summed E-state index contributed by atoms with van der Waals surface area (Å²) in [7, 11) is 3.58. The minimum Gasteiger partial charge on any atom is -0.504 e. The van der Waals surface area contributed by atoms with E-state index in [1.54, 1.807) is 6.08 Å². The molecule has 296 valence electrons. The van der Waals surface area contributed by atoms with Crippen molar-refractivity contribution < 1.29 is 55.4 Å². The summed E-state index contributed by atoms with van der Waals surface area (Å²) in [6, 6.07) is 6.07. The van der Waals surface area contributed by atoms with Crippen molar-refractivity contribution in [3.05, 3.63) is 79.5 Å². The summed E-state index contributed by atoms with van der Waals surface area (Å²) in [6.45, 7) is 0. The standard InChI is InChI=1S/C35H27BrCl2F6N6O6/c1-47(28-19(37)6-8-22(45-28)34(39,40)41)49-30(52)15-5-4-14-16(25(15)32(49)54)12-18-26(24(14)17-10-13(36)11-21(56-3)27(17)51)33(55)50(31(18)53)48(2)29-20(38)7-9-23(46-29)35(42,43)44/h4,6-11,15-16,18,24-26,51H,5,12H2,1-3H3/t15-,16+,18+,24+,25-,26+/m0/s1. The van der Waals surface area contributed by atoms with Gasteiger partial charge in [0.1, 0.15) is 11.4 Å². The Bertz CT molecular complexity index is 2240. The van der Waals surface area contributed by atoms with Gasteiger partial charge in [-0.3, -0.25) is 29.2 Å². The summed E-state index contributed by atoms with van der Waals surface area (Å²) in [5.41, 5.74) is -2.15. The molecule has 1 saturated carbocycles. The maximum atomic E-state index is 14.5. The van der Waals surface area contributed by atoms with Gasteiger partial charge in [-0.2, -0.15) is 36.4 Å². The number of phenols is 1. The highest BCUT2D eigenvalue weighted by molar-refractivity contribution is 9.10. The highest BCUT2D eigenvalue weighted by Crippen LogP contribution is 2.60. The van der Waals surface area contributed by atoms with E-state index in [2.05, 4.69) is 25.9 Å². The summed E-state index contributed by atoms with van der Waals surface area (Å²) in [4.78, 5) is 64.5. The number of fused-ring (bicyclic) bond motifs is 4. The van der Waals surface area contributed by atoms with Crippen LogP contribution in [-0.2, 0) is 31.5 Å². The molecule has 4 aliphatic rings. The topological polar surface area (TPSA) is 136 Å². The predicted molar refractivity (Wildman–Crippen MR) is 189 cm³/mol. The van der Waals surface area contributed by atoms with Gasteiger partial charge in [-0.25, -0.2) is 9.97 Å². The molecule has 3 aromatic rings. The fraction of sp³-hybridized carbons (Fsp3) is 0.371. The summed E-state index contributed by atoms with van der Waals surface area (Å²) in [6.07, 6.45) is -8.43. The SMILES string of the molecule is COc1cc(Br)cc([C@H]2C3=CC[C@@H]4C(=O)N(N(C)c5nc(C(F)(F)F)ccc5Cl)C(=O)[C@@H]4[C@@H]3C[C@H]3C(=O)N(N(C)c4nc(C(F)(F)F)ccc4Cl)C(=O)[C@@H]23)c1O. The molecule has 0 unspecified atom stereocenters. The Labute approximate surface area is 331 Å². The Balaban J connectivity index is 1.32. The molecule has 1 aromatic carbocycles. The van der Waals surface area contributed by atoms with Gasteiger partial charge in [0.25, 0.3) is 23.6 Å². The number of hydrazine groups is 2. The van der Waals surface area contributed by atoms with E-state index >= 15 is 0 Å². The highest BCUT2D eigenvalue weighted by atomic mass is 79.9. The zero-order valence-electron chi connectivity index (χ0n) is 29.0. The molecule has 2 aliphatic carbocycles. The second-order valence-corrected chi connectivity index (χ2v) is 15.3. The minimum atomic E-state index is -4.90. The van der Waals surface area contributed by atoms with Gasteiger partial charge in [-0.05, 0) is 55.2 Å². The number of amides is 4. The largest absolute Gasteiger partial charge is 0.504 e. The number of methoxy groups -OCH3 is 1. The Kier molecular flexibility index (Phi) is 9.75. The van der Waals surface area contributed by atoms with E-state index in [1.165, 1.54) is 19.2 Å². The van der Waals surface area contributed by atoms with Gasteiger partial charge < -0.3 is 9.84 Å². The Morgan fingerprint density at radius 1 is 0.786 bits per heavy atom. The van der Waals surface area contributed by atoms with Gasteiger partial charge in [0, 0.05) is 30.0 Å². The van der Waals surface area contributed by atoms with Crippen molar-refractivity contribution in [3.63, 3.8) is 0 Å². The lowest BCUT2D eigenvalue weighted by Crippen LogP contribution is -2.46. The zero-order valence-corrected chi connectivity index (χ0v) is 32.1. The molecule has 56 heavy (non-hydrogen) atoms. The van der Waals surface area contributed by atoms with Crippen LogP contribution in [0.3, 0.4) is 0 Å². The number of anilines is 2. The lowest BCUT2D eigenvalue weighted by molar-refractivity contribution is -0.143. The number of halogens is 9. The molecule has 21 heteroatoms. The molecule has 0 spiro atoms. The first-order chi connectivity index (χ1) is 26.2. The number of carbonyl (C=O) groups excluding carboxylic acids is 4. The molecular weight excluding hydrogens is 865 g/mol. The van der Waals surface area contributed by atoms with Crippen LogP contribution in [-0.4, -0.2) is 69.9 Å². The van der Waals surface area contributed by atoms with Crippen molar-refractivity contribution in [2.45, 2.75) is 31.1 Å². The quantitative estimate of drug-likeness (QED) is 0.156. The van der Waals surface area contributed by atoms with Crippen LogP contribution in [0.15, 0.2) is 52.5 Å². The molecule has 3 fully saturated rings. The van der Waals surface area contributed by atoms with Crippen molar-refractivity contribution in [2.75, 3.05) is 31.2 Å². The fourth-order valence-electron chi connectivity index (χ4n) is 8.30. The van der Waals surface area contributed by atoms with Crippen molar-refractivity contribution in [1.82, 2.24) is 20.0 Å². The number of ether oxygens (including phenoxy) is 1. The van der Waals surface area contributed by atoms with E-state index in [0.717, 1.165) is 36.2 Å². The summed E-state index contributed by atoms with van der Waals surface area (Å²) >= 11 is 15.8. The number of aromatic nitrogens is 2. The first kappa shape index (κ1) is 39.6. The third kappa shape index (κ3) is 6.21. The molecule has 0 bridgehead atoms. The number of benzene rings is 1. The van der Waals surface area contributed by atoms with E-state index in [1.807, 2.05) is 0 Å². The summed E-state index contributed by atoms with van der Waals surface area (Å²) in [5, 5.41) is 13.8. The lowest BCUT2D eigenvalue weighted by Gasteiger charge is -2.44. The molecule has 6 atom stereocenters. The van der Waals surface area contributed by atoms with E-state index in [0.29, 0.717) is 32.2 Å². The van der Waals surface area contributed by atoms with Crippen LogP contribution in [0.1, 0.15) is 35.7 Å². The van der Waals surface area contributed by atoms with E-state index < -0.39 is 100 Å². The molecule has 1 N–H and O–H groups in total. The van der Waals surface area contributed by atoms with Crippen LogP contribution >= 0.6 is 39.1 Å². The van der Waals surface area contributed by atoms with E-state index in [-0.39, 0.29) is 34.2 Å². The van der Waals surface area contributed by atoms with Gasteiger partial charge in [-0.15, -0.1) is 0 Å². The van der Waals surface area contributed by atoms with Crippen LogP contribution in [0.25, 0.3) is 0 Å². The van der Waals surface area contributed by atoms with Crippen LogP contribution in [0.2, 0.25) is 10.0 Å². The molecule has 4 heterocycles. The number of allylic oxidation sites excluding steroid dienone is 2. The fourth-order valence-corrected chi connectivity index (χ4v) is 9.21. The molecule has 4 amide bonds. The highest BCUT2D eigenvalue weighted by Gasteiger charge is 2.64. The average molecular weight is 892 g/mol. The smallest absolute Gasteiger partial charge is 0.433 e. The third-order valence-electron chi connectivity index (χ3n) is 10.7. The zero-order chi connectivity index (χ0) is 40.9. The second-order valence-electron chi connectivity index (χ2n) is 13.6. The summed E-state index contributed by atoms with van der Waals surface area (Å²) in [5.74, 6) is -11.8. The number of hydrogen-bond acceptors (Lipinski definition) is 10.